The molecule has 3 amide bonds. The number of hydrogen-bond donors (Lipinski definition) is 1. The Bertz CT molecular complexity index is 421. The summed E-state index contributed by atoms with van der Waals surface area (Å²) in [7, 11) is 0. The van der Waals surface area contributed by atoms with Crippen LogP contribution in [-0.2, 0) is 9.53 Å². The molecule has 2 aliphatic heterocycles. The zero-order valence-electron chi connectivity index (χ0n) is 11.0. The maximum atomic E-state index is 12.1. The van der Waals surface area contributed by atoms with Gasteiger partial charge in [-0.3, -0.25) is 9.80 Å². The fraction of sp³-hybridized carbons (Fsp3) is 0.727. The van der Waals surface area contributed by atoms with Gasteiger partial charge < -0.3 is 14.5 Å². The van der Waals surface area contributed by atoms with Gasteiger partial charge in [0.25, 0.3) is 0 Å². The van der Waals surface area contributed by atoms with E-state index in [1.54, 1.807) is 4.90 Å². The van der Waals surface area contributed by atoms with Gasteiger partial charge in [0.1, 0.15) is 12.6 Å². The number of nitrogens with two attached hydrogens (primary N) is 1. The summed E-state index contributed by atoms with van der Waals surface area (Å²) in [6, 6.07) is 1.26. The summed E-state index contributed by atoms with van der Waals surface area (Å²) in [4.78, 5) is 27.1. The Labute approximate surface area is 121 Å². The molecule has 20 heavy (non-hydrogen) atoms. The van der Waals surface area contributed by atoms with Gasteiger partial charge in [-0.1, -0.05) is 0 Å². The molecule has 2 heterocycles. The van der Waals surface area contributed by atoms with Crippen molar-refractivity contribution in [3.63, 3.8) is 0 Å². The summed E-state index contributed by atoms with van der Waals surface area (Å²) in [5.41, 5.74) is 0. The number of nitrogens with zero attached hydrogens (tertiary/aromatic N) is 4. The van der Waals surface area contributed by atoms with Gasteiger partial charge in [0.2, 0.25) is 5.91 Å². The number of carbonyl (C=O) groups is 2. The van der Waals surface area contributed by atoms with E-state index in [1.165, 1.54) is 16.7 Å². The zero-order valence-corrected chi connectivity index (χ0v) is 11.8. The van der Waals surface area contributed by atoms with Crippen molar-refractivity contribution in [2.24, 2.45) is 5.84 Å². The Morgan fingerprint density at radius 1 is 1.45 bits per heavy atom. The second kappa shape index (κ2) is 6.78. The third kappa shape index (κ3) is 3.33. The lowest BCUT2D eigenvalue weighted by Gasteiger charge is -2.31. The highest BCUT2D eigenvalue weighted by atomic mass is 32.2. The summed E-state index contributed by atoms with van der Waals surface area (Å²) < 4.78 is 5.15. The van der Waals surface area contributed by atoms with Crippen LogP contribution < -0.4 is 5.84 Å². The van der Waals surface area contributed by atoms with Crippen LogP contribution in [0.15, 0.2) is 0 Å². The third-order valence-electron chi connectivity index (χ3n) is 3.18. The van der Waals surface area contributed by atoms with Gasteiger partial charge in [0, 0.05) is 18.8 Å². The molecule has 1 atom stereocenters. The van der Waals surface area contributed by atoms with Crippen molar-refractivity contribution in [3.05, 3.63) is 0 Å². The number of amides is 3. The number of rotatable bonds is 2. The van der Waals surface area contributed by atoms with E-state index >= 15 is 0 Å². The molecule has 0 aromatic carbocycles. The van der Waals surface area contributed by atoms with E-state index in [1.807, 2.05) is 0 Å². The van der Waals surface area contributed by atoms with Crippen LogP contribution in [0.25, 0.3) is 0 Å². The smallest absolute Gasteiger partial charge is 0.334 e. The Balaban J connectivity index is 1.87. The normalized spacial score (nSPS) is 22.5. The number of carbonyl (C=O) groups excluding carboxylic acids is 2. The van der Waals surface area contributed by atoms with E-state index in [0.29, 0.717) is 37.9 Å². The number of urea groups is 1. The fourth-order valence-electron chi connectivity index (χ4n) is 2.04. The first-order chi connectivity index (χ1) is 9.63. The molecule has 0 aromatic heterocycles. The van der Waals surface area contributed by atoms with Crippen molar-refractivity contribution in [2.75, 3.05) is 44.5 Å². The van der Waals surface area contributed by atoms with E-state index in [4.69, 9.17) is 15.8 Å². The molecule has 0 bridgehead atoms. The van der Waals surface area contributed by atoms with Gasteiger partial charge in [0.05, 0.1) is 25.2 Å². The molecule has 110 valence electrons. The lowest BCUT2D eigenvalue weighted by atomic mass is 10.3. The van der Waals surface area contributed by atoms with Gasteiger partial charge in [-0.25, -0.2) is 10.6 Å². The molecule has 1 unspecified atom stereocenters. The maximum absolute atomic E-state index is 12.1. The summed E-state index contributed by atoms with van der Waals surface area (Å²) in [6.07, 6.45) is 0. The van der Waals surface area contributed by atoms with Crippen LogP contribution >= 0.6 is 11.8 Å². The molecule has 0 spiro atoms. The lowest BCUT2D eigenvalue weighted by molar-refractivity contribution is -0.131. The molecule has 2 rings (SSSR count). The van der Waals surface area contributed by atoms with E-state index in [-0.39, 0.29) is 18.5 Å². The summed E-state index contributed by atoms with van der Waals surface area (Å²) in [5.74, 6) is 6.44. The van der Waals surface area contributed by atoms with E-state index < -0.39 is 6.04 Å². The van der Waals surface area contributed by atoms with Gasteiger partial charge >= 0.3 is 6.03 Å². The first kappa shape index (κ1) is 14.9. The summed E-state index contributed by atoms with van der Waals surface area (Å²) >= 11 is 1.52. The molecule has 2 aliphatic rings. The highest BCUT2D eigenvalue weighted by molar-refractivity contribution is 7.99. The number of ether oxygens (including phenoxy) is 1. The Morgan fingerprint density at radius 3 is 2.80 bits per heavy atom. The van der Waals surface area contributed by atoms with Crippen molar-refractivity contribution >= 4 is 23.7 Å². The van der Waals surface area contributed by atoms with Crippen LogP contribution in [0.5, 0.6) is 0 Å². The lowest BCUT2D eigenvalue weighted by Crippen LogP contribution is -2.54. The van der Waals surface area contributed by atoms with Crippen molar-refractivity contribution in [3.8, 4) is 6.07 Å². The van der Waals surface area contributed by atoms with E-state index in [2.05, 4.69) is 6.07 Å². The number of hydrogen-bond acceptors (Lipinski definition) is 6. The average Bonchev–Trinajstić information content (AvgIpc) is 2.95. The first-order valence-corrected chi connectivity index (χ1v) is 7.44. The molecule has 0 aliphatic carbocycles. The molecule has 2 saturated heterocycles. The van der Waals surface area contributed by atoms with Crippen molar-refractivity contribution in [1.82, 2.24) is 14.8 Å². The van der Waals surface area contributed by atoms with Gasteiger partial charge in [-0.2, -0.15) is 5.26 Å². The largest absolute Gasteiger partial charge is 0.378 e. The molecular weight excluding hydrogens is 282 g/mol. The zero-order chi connectivity index (χ0) is 14.5. The monoisotopic (exact) mass is 299 g/mol. The standard InChI is InChI=1S/C11H17N5O3S/c12-5-9-7-20-8-15(9)10(17)6-16(13)11(18)14-1-3-19-4-2-14/h9H,1-4,6-8,13H2. The SMILES string of the molecule is N#CC1CSCN1C(=O)CN(N)C(=O)N1CCOCC1. The van der Waals surface area contributed by atoms with E-state index in [0.717, 1.165) is 5.01 Å². The molecule has 0 saturated carbocycles. The quantitative estimate of drug-likeness (QED) is 0.400. The molecule has 2 fully saturated rings. The highest BCUT2D eigenvalue weighted by Crippen LogP contribution is 2.20. The van der Waals surface area contributed by atoms with Gasteiger partial charge in [0.15, 0.2) is 0 Å². The van der Waals surface area contributed by atoms with Gasteiger partial charge in [-0.15, -0.1) is 11.8 Å². The fourth-order valence-corrected chi connectivity index (χ4v) is 3.14. The van der Waals surface area contributed by atoms with Crippen LogP contribution in [0, 0.1) is 11.3 Å². The topological polar surface area (TPSA) is 103 Å². The number of thioether (sulfide) groups is 1. The van der Waals surface area contributed by atoms with Crippen molar-refractivity contribution in [2.45, 2.75) is 6.04 Å². The summed E-state index contributed by atoms with van der Waals surface area (Å²) in [5, 5.41) is 9.85. The minimum atomic E-state index is -0.431. The molecule has 0 aromatic rings. The maximum Gasteiger partial charge on any atom is 0.334 e. The predicted molar refractivity (Wildman–Crippen MR) is 72.3 cm³/mol. The highest BCUT2D eigenvalue weighted by Gasteiger charge is 2.31. The second-order valence-electron chi connectivity index (χ2n) is 4.52. The second-order valence-corrected chi connectivity index (χ2v) is 5.52. The van der Waals surface area contributed by atoms with Crippen LogP contribution in [-0.4, -0.2) is 77.3 Å². The van der Waals surface area contributed by atoms with Gasteiger partial charge in [-0.05, 0) is 0 Å². The summed E-state index contributed by atoms with van der Waals surface area (Å²) in [6.45, 7) is 1.69. The van der Waals surface area contributed by atoms with Crippen molar-refractivity contribution < 1.29 is 14.3 Å². The minimum Gasteiger partial charge on any atom is -0.378 e. The molecule has 0 radical (unpaired) electrons. The molecule has 9 heteroatoms. The first-order valence-electron chi connectivity index (χ1n) is 6.29. The minimum absolute atomic E-state index is 0.213. The Morgan fingerprint density at radius 2 is 2.15 bits per heavy atom. The van der Waals surface area contributed by atoms with Crippen LogP contribution in [0.1, 0.15) is 0 Å². The predicted octanol–water partition coefficient (Wildman–Crippen LogP) is -0.961. The number of hydrazine groups is 1. The molecular formula is C11H17N5O3S. The number of nitriles is 1. The third-order valence-corrected chi connectivity index (χ3v) is 4.20. The number of morpholine rings is 1. The van der Waals surface area contributed by atoms with Crippen LogP contribution in [0.4, 0.5) is 4.79 Å². The average molecular weight is 299 g/mol. The Kier molecular flexibility index (Phi) is 5.05. The Hall–Kier alpha value is -1.50. The molecule has 8 nitrogen and oxygen atoms in total. The van der Waals surface area contributed by atoms with E-state index in [9.17, 15) is 9.59 Å². The van der Waals surface area contributed by atoms with Crippen molar-refractivity contribution in [1.29, 1.82) is 5.26 Å². The van der Waals surface area contributed by atoms with Crippen LogP contribution in [0.3, 0.4) is 0 Å². The molecule has 2 N–H and O–H groups in total. The van der Waals surface area contributed by atoms with Crippen LogP contribution in [0.2, 0.25) is 0 Å².